The first-order valence-corrected chi connectivity index (χ1v) is 8.74. The van der Waals surface area contributed by atoms with Crippen LogP contribution in [0.25, 0.3) is 11.4 Å². The minimum Gasteiger partial charge on any atom is -0.360 e. The number of halogens is 1. The Hall–Kier alpha value is -1.48. The standard InChI is InChI=1S/C18H24ClN3/c1-2-14-16(12-21-13-8-5-3-4-6-9-13)22-18(17(14)19)15-10-7-11-20-15/h7,10-13,20,22H,2-6,8-9H2,1H3. The van der Waals surface area contributed by atoms with Crippen molar-refractivity contribution in [3.05, 3.63) is 34.6 Å². The summed E-state index contributed by atoms with van der Waals surface area (Å²) in [7, 11) is 0. The topological polar surface area (TPSA) is 43.9 Å². The van der Waals surface area contributed by atoms with Gasteiger partial charge in [0, 0.05) is 12.4 Å². The summed E-state index contributed by atoms with van der Waals surface area (Å²) >= 11 is 6.56. The van der Waals surface area contributed by atoms with Crippen LogP contribution in [0, 0.1) is 0 Å². The fourth-order valence-electron chi connectivity index (χ4n) is 3.25. The third-order valence-corrected chi connectivity index (χ3v) is 4.95. The van der Waals surface area contributed by atoms with Gasteiger partial charge in [0.2, 0.25) is 0 Å². The monoisotopic (exact) mass is 317 g/mol. The first kappa shape index (κ1) is 15.4. The quantitative estimate of drug-likeness (QED) is 0.562. The van der Waals surface area contributed by atoms with E-state index in [1.807, 2.05) is 24.5 Å². The number of nitrogens with zero attached hydrogens (tertiary/aromatic N) is 1. The zero-order valence-electron chi connectivity index (χ0n) is 13.2. The number of aliphatic imine (C=N–C) groups is 1. The highest BCUT2D eigenvalue weighted by atomic mass is 35.5. The molecule has 0 unspecified atom stereocenters. The van der Waals surface area contributed by atoms with Gasteiger partial charge in [0.1, 0.15) is 0 Å². The van der Waals surface area contributed by atoms with Gasteiger partial charge in [0.05, 0.1) is 28.1 Å². The Labute approximate surface area is 137 Å². The number of H-pyrrole nitrogens is 2. The lowest BCUT2D eigenvalue weighted by atomic mass is 10.1. The SMILES string of the molecule is CCc1c(C=NC2CCCCCC2)[nH]c(-c2ccc[nH]2)c1Cl. The first-order valence-electron chi connectivity index (χ1n) is 8.37. The number of aromatic nitrogens is 2. The normalized spacial score (nSPS) is 17.2. The van der Waals surface area contributed by atoms with E-state index in [2.05, 4.69) is 16.9 Å². The van der Waals surface area contributed by atoms with Crippen LogP contribution in [0.4, 0.5) is 0 Å². The lowest BCUT2D eigenvalue weighted by Gasteiger charge is -2.07. The lowest BCUT2D eigenvalue weighted by molar-refractivity contribution is 0.588. The Balaban J connectivity index is 1.85. The van der Waals surface area contributed by atoms with Gasteiger partial charge in [0.25, 0.3) is 0 Å². The summed E-state index contributed by atoms with van der Waals surface area (Å²) in [5, 5.41) is 0.812. The van der Waals surface area contributed by atoms with Crippen LogP contribution in [-0.4, -0.2) is 22.2 Å². The van der Waals surface area contributed by atoms with Gasteiger partial charge in [-0.05, 0) is 37.0 Å². The molecule has 1 saturated carbocycles. The Morgan fingerprint density at radius 1 is 1.27 bits per heavy atom. The van der Waals surface area contributed by atoms with E-state index in [0.29, 0.717) is 6.04 Å². The molecule has 2 heterocycles. The summed E-state index contributed by atoms with van der Waals surface area (Å²) < 4.78 is 0. The molecule has 3 nitrogen and oxygen atoms in total. The summed E-state index contributed by atoms with van der Waals surface area (Å²) in [6, 6.07) is 4.49. The van der Waals surface area contributed by atoms with Crippen LogP contribution in [0.3, 0.4) is 0 Å². The van der Waals surface area contributed by atoms with Crippen molar-refractivity contribution in [1.82, 2.24) is 9.97 Å². The van der Waals surface area contributed by atoms with E-state index < -0.39 is 0 Å². The zero-order chi connectivity index (χ0) is 15.4. The fraction of sp³-hybridized carbons (Fsp3) is 0.500. The average Bonchev–Trinajstić information content (AvgIpc) is 3.06. The zero-order valence-corrected chi connectivity index (χ0v) is 13.9. The van der Waals surface area contributed by atoms with Crippen molar-refractivity contribution in [1.29, 1.82) is 0 Å². The summed E-state index contributed by atoms with van der Waals surface area (Å²) in [5.74, 6) is 0. The molecule has 0 atom stereocenters. The molecule has 0 amide bonds. The summed E-state index contributed by atoms with van der Waals surface area (Å²) in [6.07, 6.45) is 12.6. The van der Waals surface area contributed by atoms with Gasteiger partial charge in [0.15, 0.2) is 0 Å². The molecule has 1 aliphatic rings. The number of hydrogen-bond acceptors (Lipinski definition) is 1. The molecule has 2 N–H and O–H groups in total. The molecule has 0 aromatic carbocycles. The molecule has 1 fully saturated rings. The van der Waals surface area contributed by atoms with Gasteiger partial charge < -0.3 is 9.97 Å². The van der Waals surface area contributed by atoms with E-state index in [9.17, 15) is 0 Å². The predicted molar refractivity (Wildman–Crippen MR) is 94.1 cm³/mol. The molecule has 2 aromatic rings. The predicted octanol–water partition coefficient (Wildman–Crippen LogP) is 5.37. The molecular weight excluding hydrogens is 294 g/mol. The maximum Gasteiger partial charge on any atom is 0.0816 e. The van der Waals surface area contributed by atoms with Crippen molar-refractivity contribution in [3.8, 4) is 11.4 Å². The van der Waals surface area contributed by atoms with E-state index >= 15 is 0 Å². The molecule has 2 aromatic heterocycles. The second-order valence-corrected chi connectivity index (χ2v) is 6.45. The summed E-state index contributed by atoms with van der Waals surface area (Å²) in [5.41, 5.74) is 4.20. The van der Waals surface area contributed by atoms with Crippen molar-refractivity contribution in [2.75, 3.05) is 0 Å². The molecule has 118 valence electrons. The maximum absolute atomic E-state index is 6.56. The van der Waals surface area contributed by atoms with Crippen LogP contribution in [-0.2, 0) is 6.42 Å². The number of nitrogens with one attached hydrogen (secondary N) is 2. The molecule has 4 heteroatoms. The minimum atomic E-state index is 0.475. The average molecular weight is 318 g/mol. The van der Waals surface area contributed by atoms with Crippen LogP contribution in [0.15, 0.2) is 23.3 Å². The van der Waals surface area contributed by atoms with Crippen molar-refractivity contribution in [2.24, 2.45) is 4.99 Å². The van der Waals surface area contributed by atoms with Gasteiger partial charge in [-0.25, -0.2) is 0 Å². The van der Waals surface area contributed by atoms with E-state index in [4.69, 9.17) is 16.6 Å². The fourth-order valence-corrected chi connectivity index (χ4v) is 3.63. The number of aromatic amines is 2. The second-order valence-electron chi connectivity index (χ2n) is 6.07. The van der Waals surface area contributed by atoms with Gasteiger partial charge >= 0.3 is 0 Å². The van der Waals surface area contributed by atoms with Crippen molar-refractivity contribution in [2.45, 2.75) is 57.9 Å². The molecular formula is C18H24ClN3. The molecule has 0 radical (unpaired) electrons. The third kappa shape index (κ3) is 3.30. The van der Waals surface area contributed by atoms with Crippen LogP contribution in [0.5, 0.6) is 0 Å². The van der Waals surface area contributed by atoms with Crippen LogP contribution in [0.2, 0.25) is 5.02 Å². The van der Waals surface area contributed by atoms with Crippen molar-refractivity contribution in [3.63, 3.8) is 0 Å². The van der Waals surface area contributed by atoms with Crippen LogP contribution >= 0.6 is 11.6 Å². The Bertz CT molecular complexity index is 617. The van der Waals surface area contributed by atoms with E-state index in [1.54, 1.807) is 0 Å². The lowest BCUT2D eigenvalue weighted by Crippen LogP contribution is -2.03. The molecule has 3 rings (SSSR count). The van der Waals surface area contributed by atoms with Gasteiger partial charge in [-0.1, -0.05) is 44.2 Å². The molecule has 0 spiro atoms. The molecule has 22 heavy (non-hydrogen) atoms. The largest absolute Gasteiger partial charge is 0.360 e. The smallest absolute Gasteiger partial charge is 0.0816 e. The van der Waals surface area contributed by atoms with E-state index in [1.165, 1.54) is 38.5 Å². The number of hydrogen-bond donors (Lipinski definition) is 2. The Kier molecular flexibility index (Phi) is 5.04. The molecule has 1 aliphatic carbocycles. The van der Waals surface area contributed by atoms with Gasteiger partial charge in [-0.3, -0.25) is 4.99 Å². The molecule has 0 saturated heterocycles. The van der Waals surface area contributed by atoms with Crippen molar-refractivity contribution < 1.29 is 0 Å². The second kappa shape index (κ2) is 7.19. The number of rotatable bonds is 4. The van der Waals surface area contributed by atoms with Gasteiger partial charge in [-0.15, -0.1) is 0 Å². The van der Waals surface area contributed by atoms with Crippen molar-refractivity contribution >= 4 is 17.8 Å². The van der Waals surface area contributed by atoms with Crippen LogP contribution < -0.4 is 0 Å². The highest BCUT2D eigenvalue weighted by molar-refractivity contribution is 6.34. The third-order valence-electron chi connectivity index (χ3n) is 4.53. The first-order chi connectivity index (χ1) is 10.8. The minimum absolute atomic E-state index is 0.475. The summed E-state index contributed by atoms with van der Waals surface area (Å²) in [6.45, 7) is 2.14. The highest BCUT2D eigenvalue weighted by Crippen LogP contribution is 2.31. The van der Waals surface area contributed by atoms with E-state index in [0.717, 1.165) is 34.1 Å². The van der Waals surface area contributed by atoms with Gasteiger partial charge in [-0.2, -0.15) is 0 Å². The molecule has 0 aliphatic heterocycles. The summed E-state index contributed by atoms with van der Waals surface area (Å²) in [4.78, 5) is 11.5. The Morgan fingerprint density at radius 2 is 2.05 bits per heavy atom. The molecule has 0 bridgehead atoms. The Morgan fingerprint density at radius 3 is 2.68 bits per heavy atom. The maximum atomic E-state index is 6.56. The van der Waals surface area contributed by atoms with Crippen LogP contribution in [0.1, 0.15) is 56.7 Å². The highest BCUT2D eigenvalue weighted by Gasteiger charge is 2.16. The van der Waals surface area contributed by atoms with E-state index in [-0.39, 0.29) is 0 Å².